The van der Waals surface area contributed by atoms with Gasteiger partial charge in [0.15, 0.2) is 0 Å². The van der Waals surface area contributed by atoms with Crippen molar-refractivity contribution in [3.05, 3.63) is 47.5 Å². The van der Waals surface area contributed by atoms with Gasteiger partial charge in [0.2, 0.25) is 11.8 Å². The van der Waals surface area contributed by atoms with Crippen molar-refractivity contribution in [2.75, 3.05) is 13.1 Å². The van der Waals surface area contributed by atoms with Crippen LogP contribution in [0.2, 0.25) is 5.02 Å². The van der Waals surface area contributed by atoms with Crippen molar-refractivity contribution in [3.8, 4) is 0 Å². The Bertz CT molecular complexity index is 489. The van der Waals surface area contributed by atoms with E-state index < -0.39 is 0 Å². The first-order valence-corrected chi connectivity index (χ1v) is 6.79. The number of halogens is 1. The average molecular weight is 295 g/mol. The molecular formula is C15H19ClN2O2. The molecule has 0 saturated carbocycles. The maximum absolute atomic E-state index is 12.1. The summed E-state index contributed by atoms with van der Waals surface area (Å²) in [4.78, 5) is 24.6. The minimum Gasteiger partial charge on any atom is -0.356 e. The van der Waals surface area contributed by atoms with E-state index in [4.69, 9.17) is 11.6 Å². The minimum absolute atomic E-state index is 0.0430. The Morgan fingerprint density at radius 1 is 1.40 bits per heavy atom. The molecule has 0 heterocycles. The summed E-state index contributed by atoms with van der Waals surface area (Å²) in [5.74, 6) is -0.183. The third-order valence-corrected chi connectivity index (χ3v) is 3.10. The first-order chi connectivity index (χ1) is 9.54. The van der Waals surface area contributed by atoms with Crippen LogP contribution in [0.1, 0.15) is 18.9 Å². The van der Waals surface area contributed by atoms with Gasteiger partial charge in [0.1, 0.15) is 0 Å². The number of nitrogens with zero attached hydrogens (tertiary/aromatic N) is 1. The topological polar surface area (TPSA) is 49.4 Å². The lowest BCUT2D eigenvalue weighted by Gasteiger charge is -2.22. The molecule has 1 N–H and O–H groups in total. The van der Waals surface area contributed by atoms with Crippen LogP contribution in [-0.2, 0) is 16.1 Å². The second-order valence-electron chi connectivity index (χ2n) is 4.39. The number of nitrogens with one attached hydrogen (secondary N) is 1. The molecule has 0 aliphatic carbocycles. The Morgan fingerprint density at radius 2 is 2.10 bits per heavy atom. The first kappa shape index (κ1) is 16.2. The maximum Gasteiger partial charge on any atom is 0.224 e. The van der Waals surface area contributed by atoms with Gasteiger partial charge in [-0.1, -0.05) is 35.9 Å². The van der Waals surface area contributed by atoms with Gasteiger partial charge in [-0.2, -0.15) is 0 Å². The van der Waals surface area contributed by atoms with Crippen LogP contribution < -0.4 is 5.32 Å². The fraction of sp³-hybridized carbons (Fsp3) is 0.333. The number of amides is 2. The zero-order valence-corrected chi connectivity index (χ0v) is 12.3. The molecular weight excluding hydrogens is 276 g/mol. The van der Waals surface area contributed by atoms with E-state index in [-0.39, 0.29) is 18.2 Å². The number of hydrogen-bond donors (Lipinski definition) is 1. The molecule has 0 aliphatic rings. The van der Waals surface area contributed by atoms with E-state index in [9.17, 15) is 9.59 Å². The molecule has 0 saturated heterocycles. The van der Waals surface area contributed by atoms with E-state index in [0.29, 0.717) is 24.7 Å². The quantitative estimate of drug-likeness (QED) is 0.785. The smallest absolute Gasteiger partial charge is 0.224 e. The van der Waals surface area contributed by atoms with Crippen molar-refractivity contribution in [2.24, 2.45) is 0 Å². The van der Waals surface area contributed by atoms with Crippen LogP contribution in [0.15, 0.2) is 36.9 Å². The fourth-order valence-electron chi connectivity index (χ4n) is 1.75. The molecule has 0 unspecified atom stereocenters. The first-order valence-electron chi connectivity index (χ1n) is 6.41. The number of carbonyl (C=O) groups is 2. The summed E-state index contributed by atoms with van der Waals surface area (Å²) in [7, 11) is 0. The van der Waals surface area contributed by atoms with Crippen molar-refractivity contribution in [2.45, 2.75) is 19.9 Å². The van der Waals surface area contributed by atoms with Gasteiger partial charge in [0, 0.05) is 38.0 Å². The lowest BCUT2D eigenvalue weighted by atomic mass is 10.2. The Labute approximate surface area is 124 Å². The minimum atomic E-state index is -0.140. The lowest BCUT2D eigenvalue weighted by Crippen LogP contribution is -2.34. The summed E-state index contributed by atoms with van der Waals surface area (Å²) >= 11 is 6.10. The molecule has 0 aliphatic heterocycles. The highest BCUT2D eigenvalue weighted by atomic mass is 35.5. The van der Waals surface area contributed by atoms with E-state index in [2.05, 4.69) is 11.9 Å². The lowest BCUT2D eigenvalue weighted by molar-refractivity contribution is -0.131. The summed E-state index contributed by atoms with van der Waals surface area (Å²) in [5.41, 5.74) is 0.892. The van der Waals surface area contributed by atoms with E-state index >= 15 is 0 Å². The highest BCUT2D eigenvalue weighted by Crippen LogP contribution is 2.17. The number of carbonyl (C=O) groups excluding carboxylic acids is 2. The molecule has 0 radical (unpaired) electrons. The Morgan fingerprint density at radius 3 is 2.70 bits per heavy atom. The largest absolute Gasteiger partial charge is 0.356 e. The molecule has 0 fully saturated rings. The summed E-state index contributed by atoms with van der Waals surface area (Å²) in [5, 5.41) is 3.25. The van der Waals surface area contributed by atoms with Crippen LogP contribution in [-0.4, -0.2) is 29.8 Å². The van der Waals surface area contributed by atoms with E-state index in [1.54, 1.807) is 17.0 Å². The van der Waals surface area contributed by atoms with Gasteiger partial charge in [-0.25, -0.2) is 0 Å². The van der Waals surface area contributed by atoms with E-state index in [1.807, 2.05) is 18.2 Å². The third kappa shape index (κ3) is 5.45. The molecule has 4 nitrogen and oxygen atoms in total. The maximum atomic E-state index is 12.1. The van der Waals surface area contributed by atoms with Gasteiger partial charge in [-0.15, -0.1) is 6.58 Å². The van der Waals surface area contributed by atoms with Gasteiger partial charge in [-0.3, -0.25) is 9.59 Å². The molecule has 1 aromatic rings. The molecule has 108 valence electrons. The predicted molar refractivity (Wildman–Crippen MR) is 80.4 cm³/mol. The van der Waals surface area contributed by atoms with Crippen LogP contribution in [0.4, 0.5) is 0 Å². The molecule has 5 heteroatoms. The highest BCUT2D eigenvalue weighted by molar-refractivity contribution is 6.31. The molecule has 20 heavy (non-hydrogen) atoms. The SMILES string of the molecule is C=CCN(Cc1ccccc1Cl)C(=O)CCNC(C)=O. The Hall–Kier alpha value is -1.81. The van der Waals surface area contributed by atoms with Gasteiger partial charge in [0.25, 0.3) is 0 Å². The van der Waals surface area contributed by atoms with Gasteiger partial charge < -0.3 is 10.2 Å². The fourth-order valence-corrected chi connectivity index (χ4v) is 1.94. The summed E-state index contributed by atoms with van der Waals surface area (Å²) in [6.45, 7) is 6.31. The monoisotopic (exact) mass is 294 g/mol. The standard InChI is InChI=1S/C15H19ClN2O2/c1-3-10-18(15(20)8-9-17-12(2)19)11-13-6-4-5-7-14(13)16/h3-7H,1,8-11H2,2H3,(H,17,19). The van der Waals surface area contributed by atoms with Crippen molar-refractivity contribution >= 4 is 23.4 Å². The Balaban J connectivity index is 2.64. The van der Waals surface area contributed by atoms with Crippen LogP contribution in [0.3, 0.4) is 0 Å². The number of rotatable bonds is 7. The molecule has 0 aromatic heterocycles. The van der Waals surface area contributed by atoms with Gasteiger partial charge in [-0.05, 0) is 11.6 Å². The van der Waals surface area contributed by atoms with Crippen molar-refractivity contribution in [3.63, 3.8) is 0 Å². The summed E-state index contributed by atoms with van der Waals surface area (Å²) < 4.78 is 0. The van der Waals surface area contributed by atoms with Crippen LogP contribution in [0.25, 0.3) is 0 Å². The molecule has 1 rings (SSSR count). The number of benzene rings is 1. The van der Waals surface area contributed by atoms with E-state index in [1.165, 1.54) is 6.92 Å². The van der Waals surface area contributed by atoms with Crippen LogP contribution >= 0.6 is 11.6 Å². The Kier molecular flexibility index (Phi) is 6.81. The summed E-state index contributed by atoms with van der Waals surface area (Å²) in [6, 6.07) is 7.42. The molecule has 1 aromatic carbocycles. The number of hydrogen-bond acceptors (Lipinski definition) is 2. The third-order valence-electron chi connectivity index (χ3n) is 2.73. The normalized spacial score (nSPS) is 9.90. The molecule has 0 bridgehead atoms. The predicted octanol–water partition coefficient (Wildman–Crippen LogP) is 2.38. The van der Waals surface area contributed by atoms with Crippen LogP contribution in [0.5, 0.6) is 0 Å². The summed E-state index contributed by atoms with van der Waals surface area (Å²) in [6.07, 6.45) is 1.94. The second-order valence-corrected chi connectivity index (χ2v) is 4.79. The molecule has 0 spiro atoms. The molecule has 2 amide bonds. The van der Waals surface area contributed by atoms with E-state index in [0.717, 1.165) is 5.56 Å². The van der Waals surface area contributed by atoms with Crippen molar-refractivity contribution in [1.82, 2.24) is 10.2 Å². The highest BCUT2D eigenvalue weighted by Gasteiger charge is 2.13. The average Bonchev–Trinajstić information content (AvgIpc) is 2.40. The molecule has 0 atom stereocenters. The van der Waals surface area contributed by atoms with Gasteiger partial charge in [0.05, 0.1) is 0 Å². The van der Waals surface area contributed by atoms with Gasteiger partial charge >= 0.3 is 0 Å². The van der Waals surface area contributed by atoms with Crippen molar-refractivity contribution < 1.29 is 9.59 Å². The zero-order chi connectivity index (χ0) is 15.0. The second kappa shape index (κ2) is 8.38. The van der Waals surface area contributed by atoms with Crippen LogP contribution in [0, 0.1) is 0 Å². The zero-order valence-electron chi connectivity index (χ0n) is 11.6. The van der Waals surface area contributed by atoms with Crippen molar-refractivity contribution in [1.29, 1.82) is 0 Å².